The van der Waals surface area contributed by atoms with E-state index in [1.165, 1.54) is 11.3 Å². The Hall–Kier alpha value is -2.45. The van der Waals surface area contributed by atoms with Gasteiger partial charge in [0.25, 0.3) is 0 Å². The Morgan fingerprint density at radius 3 is 2.73 bits per heavy atom. The number of aromatic amines is 1. The SMILES string of the molecule is OC(Nc1cc(-c2nc(-c3ccc(Cl)cc3Cl)c(-c3ncc[nH]3)s2)ccn1)C1CC1. The monoisotopic (exact) mass is 457 g/mol. The highest BCUT2D eigenvalue weighted by Gasteiger charge is 2.30. The second kappa shape index (κ2) is 8.00. The van der Waals surface area contributed by atoms with Crippen molar-refractivity contribution in [2.45, 2.75) is 19.1 Å². The van der Waals surface area contributed by atoms with Crippen LogP contribution in [0.2, 0.25) is 10.0 Å². The molecular weight excluding hydrogens is 441 g/mol. The average Bonchev–Trinajstić information content (AvgIpc) is 3.27. The summed E-state index contributed by atoms with van der Waals surface area (Å²) in [7, 11) is 0. The smallest absolute Gasteiger partial charge is 0.149 e. The molecule has 1 aromatic carbocycles. The first-order valence-corrected chi connectivity index (χ1v) is 11.0. The van der Waals surface area contributed by atoms with E-state index in [0.29, 0.717) is 21.8 Å². The predicted molar refractivity (Wildman–Crippen MR) is 121 cm³/mol. The second-order valence-corrected chi connectivity index (χ2v) is 8.96. The van der Waals surface area contributed by atoms with Gasteiger partial charge in [-0.25, -0.2) is 15.0 Å². The van der Waals surface area contributed by atoms with Crippen LogP contribution >= 0.6 is 34.5 Å². The number of hydrogen-bond donors (Lipinski definition) is 3. The Labute approximate surface area is 187 Å². The quantitative estimate of drug-likeness (QED) is 0.322. The molecule has 3 aromatic heterocycles. The average molecular weight is 458 g/mol. The maximum Gasteiger partial charge on any atom is 0.149 e. The molecule has 0 spiro atoms. The Balaban J connectivity index is 1.56. The van der Waals surface area contributed by atoms with Crippen molar-refractivity contribution in [2.75, 3.05) is 5.32 Å². The summed E-state index contributed by atoms with van der Waals surface area (Å²) in [6, 6.07) is 9.15. The maximum absolute atomic E-state index is 10.2. The van der Waals surface area contributed by atoms with E-state index in [9.17, 15) is 5.11 Å². The van der Waals surface area contributed by atoms with E-state index in [4.69, 9.17) is 28.2 Å². The summed E-state index contributed by atoms with van der Waals surface area (Å²) in [5.41, 5.74) is 2.41. The molecule has 4 aromatic rings. The van der Waals surface area contributed by atoms with E-state index in [-0.39, 0.29) is 0 Å². The standard InChI is InChI=1S/C21H17Cl2N5OS/c22-13-3-4-14(15(23)10-13)17-18(19-25-7-8-26-19)30-21(28-17)12-5-6-24-16(9-12)27-20(29)11-1-2-11/h3-11,20,29H,1-2H2,(H,24,27)(H,25,26). The number of nitrogens with one attached hydrogen (secondary N) is 2. The molecule has 1 unspecified atom stereocenters. The fourth-order valence-electron chi connectivity index (χ4n) is 3.18. The Morgan fingerprint density at radius 1 is 1.13 bits per heavy atom. The van der Waals surface area contributed by atoms with Crippen LogP contribution in [-0.2, 0) is 0 Å². The Bertz CT molecular complexity index is 1190. The Morgan fingerprint density at radius 2 is 2.00 bits per heavy atom. The van der Waals surface area contributed by atoms with Crippen molar-refractivity contribution < 1.29 is 5.11 Å². The molecule has 3 N–H and O–H groups in total. The number of benzene rings is 1. The number of halogens is 2. The summed E-state index contributed by atoms with van der Waals surface area (Å²) < 4.78 is 0. The minimum absolute atomic E-state index is 0.305. The van der Waals surface area contributed by atoms with Gasteiger partial charge in [-0.3, -0.25) is 0 Å². The van der Waals surface area contributed by atoms with Gasteiger partial charge in [0, 0.05) is 40.7 Å². The number of aromatic nitrogens is 4. The van der Waals surface area contributed by atoms with Crippen LogP contribution in [0.1, 0.15) is 12.8 Å². The van der Waals surface area contributed by atoms with Crippen molar-refractivity contribution in [3.8, 4) is 32.5 Å². The lowest BCUT2D eigenvalue weighted by Crippen LogP contribution is -2.21. The molecule has 0 amide bonds. The molecule has 1 saturated carbocycles. The minimum Gasteiger partial charge on any atom is -0.373 e. The summed E-state index contributed by atoms with van der Waals surface area (Å²) in [6.07, 6.45) is 6.69. The lowest BCUT2D eigenvalue weighted by Gasteiger charge is -2.12. The van der Waals surface area contributed by atoms with Crippen LogP contribution in [0.15, 0.2) is 48.9 Å². The number of imidazole rings is 1. The van der Waals surface area contributed by atoms with E-state index in [2.05, 4.69) is 20.3 Å². The van der Waals surface area contributed by atoms with Gasteiger partial charge in [0.2, 0.25) is 0 Å². The van der Waals surface area contributed by atoms with E-state index in [0.717, 1.165) is 45.4 Å². The molecule has 30 heavy (non-hydrogen) atoms. The molecule has 5 rings (SSSR count). The zero-order valence-electron chi connectivity index (χ0n) is 15.6. The predicted octanol–water partition coefficient (Wildman–Crippen LogP) is 5.71. The molecule has 1 aliphatic rings. The maximum atomic E-state index is 10.2. The lowest BCUT2D eigenvalue weighted by molar-refractivity contribution is 0.179. The molecule has 0 aliphatic heterocycles. The third-order valence-electron chi connectivity index (χ3n) is 4.90. The normalized spacial score (nSPS) is 14.6. The number of rotatable bonds is 6. The van der Waals surface area contributed by atoms with Gasteiger partial charge in [-0.05, 0) is 43.2 Å². The number of nitrogens with zero attached hydrogens (tertiary/aromatic N) is 3. The van der Waals surface area contributed by atoms with E-state index >= 15 is 0 Å². The van der Waals surface area contributed by atoms with Crippen LogP contribution in [0.3, 0.4) is 0 Å². The highest BCUT2D eigenvalue weighted by Crippen LogP contribution is 2.42. The number of pyridine rings is 1. The summed E-state index contributed by atoms with van der Waals surface area (Å²) >= 11 is 14.1. The fraction of sp³-hybridized carbons (Fsp3) is 0.190. The molecular formula is C21H17Cl2N5OS. The van der Waals surface area contributed by atoms with Crippen LogP contribution in [0.5, 0.6) is 0 Å². The summed E-state index contributed by atoms with van der Waals surface area (Å²) in [5.74, 6) is 1.64. The summed E-state index contributed by atoms with van der Waals surface area (Å²) in [4.78, 5) is 17.6. The topological polar surface area (TPSA) is 86.7 Å². The highest BCUT2D eigenvalue weighted by atomic mass is 35.5. The highest BCUT2D eigenvalue weighted by molar-refractivity contribution is 7.18. The summed E-state index contributed by atoms with van der Waals surface area (Å²) in [6.45, 7) is 0. The van der Waals surface area contributed by atoms with Gasteiger partial charge in [-0.2, -0.15) is 0 Å². The number of aliphatic hydroxyl groups excluding tert-OH is 1. The van der Waals surface area contributed by atoms with Crippen LogP contribution in [-0.4, -0.2) is 31.3 Å². The number of aliphatic hydroxyl groups is 1. The van der Waals surface area contributed by atoms with Crippen molar-refractivity contribution >= 4 is 40.4 Å². The molecule has 1 aliphatic carbocycles. The van der Waals surface area contributed by atoms with E-state index < -0.39 is 6.23 Å². The van der Waals surface area contributed by atoms with Gasteiger partial charge in [0.1, 0.15) is 22.9 Å². The van der Waals surface area contributed by atoms with Crippen molar-refractivity contribution in [2.24, 2.45) is 5.92 Å². The number of anilines is 1. The zero-order valence-corrected chi connectivity index (χ0v) is 18.0. The first kappa shape index (κ1) is 19.5. The molecule has 3 heterocycles. The van der Waals surface area contributed by atoms with Crippen molar-refractivity contribution in [3.63, 3.8) is 0 Å². The first-order chi connectivity index (χ1) is 14.6. The Kier molecular flexibility index (Phi) is 5.20. The molecule has 9 heteroatoms. The third kappa shape index (κ3) is 3.94. The molecule has 1 fully saturated rings. The van der Waals surface area contributed by atoms with Gasteiger partial charge in [-0.1, -0.05) is 23.2 Å². The second-order valence-electron chi connectivity index (χ2n) is 7.12. The van der Waals surface area contributed by atoms with Crippen LogP contribution in [0, 0.1) is 5.92 Å². The van der Waals surface area contributed by atoms with Crippen molar-refractivity contribution in [1.82, 2.24) is 19.9 Å². The van der Waals surface area contributed by atoms with Gasteiger partial charge >= 0.3 is 0 Å². The fourth-order valence-corrected chi connectivity index (χ4v) is 4.72. The zero-order chi connectivity index (χ0) is 20.7. The largest absolute Gasteiger partial charge is 0.373 e. The first-order valence-electron chi connectivity index (χ1n) is 9.45. The van der Waals surface area contributed by atoms with E-state index in [1.54, 1.807) is 30.7 Å². The van der Waals surface area contributed by atoms with Crippen molar-refractivity contribution in [3.05, 3.63) is 59.0 Å². The van der Waals surface area contributed by atoms with Gasteiger partial charge in [-0.15, -0.1) is 11.3 Å². The molecule has 0 saturated heterocycles. The van der Waals surface area contributed by atoms with Crippen molar-refractivity contribution in [1.29, 1.82) is 0 Å². The van der Waals surface area contributed by atoms with E-state index in [1.807, 2.05) is 18.2 Å². The number of hydrogen-bond acceptors (Lipinski definition) is 6. The number of thiazole rings is 1. The summed E-state index contributed by atoms with van der Waals surface area (Å²) in [5, 5.41) is 15.1. The molecule has 1 atom stereocenters. The van der Waals surface area contributed by atoms with Crippen LogP contribution < -0.4 is 5.32 Å². The molecule has 152 valence electrons. The molecule has 0 radical (unpaired) electrons. The third-order valence-corrected chi connectivity index (χ3v) is 6.56. The lowest BCUT2D eigenvalue weighted by atomic mass is 10.1. The van der Waals surface area contributed by atoms with Gasteiger partial charge < -0.3 is 15.4 Å². The minimum atomic E-state index is -0.578. The number of H-pyrrole nitrogens is 1. The molecule has 6 nitrogen and oxygen atoms in total. The van der Waals surface area contributed by atoms with Crippen LogP contribution in [0.25, 0.3) is 32.5 Å². The van der Waals surface area contributed by atoms with Gasteiger partial charge in [0.05, 0.1) is 15.6 Å². The van der Waals surface area contributed by atoms with Crippen LogP contribution in [0.4, 0.5) is 5.82 Å². The molecule has 0 bridgehead atoms. The van der Waals surface area contributed by atoms with Gasteiger partial charge in [0.15, 0.2) is 0 Å².